The molecular formula is C19H18ClF3N2O. The quantitative estimate of drug-likeness (QED) is 0.542. The summed E-state index contributed by atoms with van der Waals surface area (Å²) in [5.41, 5.74) is 2.06. The first kappa shape index (κ1) is 18.7. The van der Waals surface area contributed by atoms with E-state index in [0.29, 0.717) is 17.2 Å². The van der Waals surface area contributed by atoms with Gasteiger partial charge in [0.15, 0.2) is 0 Å². The van der Waals surface area contributed by atoms with Gasteiger partial charge < -0.3 is 4.74 Å². The van der Waals surface area contributed by atoms with Crippen LogP contribution in [0.4, 0.5) is 13.2 Å². The van der Waals surface area contributed by atoms with E-state index in [2.05, 4.69) is 4.98 Å². The predicted octanol–water partition coefficient (Wildman–Crippen LogP) is 5.53. The van der Waals surface area contributed by atoms with Crippen LogP contribution in [0.1, 0.15) is 30.0 Å². The van der Waals surface area contributed by atoms with Crippen molar-refractivity contribution in [1.29, 1.82) is 0 Å². The number of fused-ring (bicyclic) bond motifs is 1. The van der Waals surface area contributed by atoms with Crippen LogP contribution >= 0.6 is 11.6 Å². The van der Waals surface area contributed by atoms with Gasteiger partial charge in [0.1, 0.15) is 11.9 Å². The summed E-state index contributed by atoms with van der Waals surface area (Å²) in [5, 5.41) is 0. The monoisotopic (exact) mass is 382 g/mol. The van der Waals surface area contributed by atoms with Crippen LogP contribution in [0, 0.1) is 0 Å². The number of alkyl halides is 4. The summed E-state index contributed by atoms with van der Waals surface area (Å²) in [4.78, 5) is 4.41. The molecule has 0 radical (unpaired) electrons. The van der Waals surface area contributed by atoms with Gasteiger partial charge in [-0.2, -0.15) is 13.2 Å². The lowest BCUT2D eigenvalue weighted by Crippen LogP contribution is -2.07. The SMILES string of the molecule is COC(C)c1nc2cc(C(F)(F)F)ccc2n1-c1ccc(CCCl)cc1. The van der Waals surface area contributed by atoms with Crippen LogP contribution in [0.2, 0.25) is 0 Å². The summed E-state index contributed by atoms with van der Waals surface area (Å²) in [6, 6.07) is 11.3. The number of rotatable bonds is 5. The van der Waals surface area contributed by atoms with E-state index in [1.54, 1.807) is 7.11 Å². The first-order valence-corrected chi connectivity index (χ1v) is 8.66. The van der Waals surface area contributed by atoms with E-state index >= 15 is 0 Å². The van der Waals surface area contributed by atoms with Gasteiger partial charge in [0.05, 0.1) is 16.6 Å². The standard InChI is InChI=1S/C19H18ClF3N2O/c1-12(26-2)18-24-16-11-14(19(21,22)23)5-8-17(16)25(18)15-6-3-13(4-7-15)9-10-20/h3-8,11-12H,9-10H2,1-2H3. The Morgan fingerprint density at radius 2 is 1.85 bits per heavy atom. The third kappa shape index (κ3) is 3.57. The molecule has 3 rings (SSSR count). The molecule has 138 valence electrons. The van der Waals surface area contributed by atoms with Crippen molar-refractivity contribution in [3.63, 3.8) is 0 Å². The van der Waals surface area contributed by atoms with Crippen LogP contribution in [0.5, 0.6) is 0 Å². The summed E-state index contributed by atoms with van der Waals surface area (Å²) in [5.74, 6) is 1.08. The second-order valence-corrected chi connectivity index (χ2v) is 6.37. The maximum absolute atomic E-state index is 13.0. The minimum atomic E-state index is -4.41. The second-order valence-electron chi connectivity index (χ2n) is 5.99. The molecule has 3 aromatic rings. The lowest BCUT2D eigenvalue weighted by atomic mass is 10.1. The third-order valence-corrected chi connectivity index (χ3v) is 4.49. The van der Waals surface area contributed by atoms with Crippen molar-refractivity contribution in [2.75, 3.05) is 13.0 Å². The number of ether oxygens (including phenoxy) is 1. The van der Waals surface area contributed by atoms with E-state index in [0.717, 1.165) is 29.8 Å². The highest BCUT2D eigenvalue weighted by Gasteiger charge is 2.31. The van der Waals surface area contributed by atoms with Gasteiger partial charge in [0.25, 0.3) is 0 Å². The smallest absolute Gasteiger partial charge is 0.374 e. The molecule has 3 nitrogen and oxygen atoms in total. The number of aryl methyl sites for hydroxylation is 1. The molecule has 0 saturated heterocycles. The molecule has 0 aliphatic carbocycles. The second kappa shape index (κ2) is 7.29. The number of aromatic nitrogens is 2. The largest absolute Gasteiger partial charge is 0.416 e. The Balaban J connectivity index is 2.18. The highest BCUT2D eigenvalue weighted by molar-refractivity contribution is 6.17. The van der Waals surface area contributed by atoms with Crippen LogP contribution in [-0.4, -0.2) is 22.5 Å². The lowest BCUT2D eigenvalue weighted by molar-refractivity contribution is -0.137. The van der Waals surface area contributed by atoms with Crippen molar-refractivity contribution in [2.45, 2.75) is 25.6 Å². The van der Waals surface area contributed by atoms with Crippen LogP contribution < -0.4 is 0 Å². The van der Waals surface area contributed by atoms with E-state index in [-0.39, 0.29) is 11.6 Å². The topological polar surface area (TPSA) is 27.1 Å². The Hall–Kier alpha value is -2.05. The fourth-order valence-corrected chi connectivity index (χ4v) is 3.06. The zero-order chi connectivity index (χ0) is 18.9. The molecule has 0 amide bonds. The van der Waals surface area contributed by atoms with Gasteiger partial charge in [-0.25, -0.2) is 4.98 Å². The van der Waals surface area contributed by atoms with Crippen molar-refractivity contribution in [2.24, 2.45) is 0 Å². The Kier molecular flexibility index (Phi) is 5.25. The number of hydrogen-bond acceptors (Lipinski definition) is 2. The number of benzene rings is 2. The number of methoxy groups -OCH3 is 1. The van der Waals surface area contributed by atoms with Crippen LogP contribution in [-0.2, 0) is 17.3 Å². The highest BCUT2D eigenvalue weighted by atomic mass is 35.5. The van der Waals surface area contributed by atoms with E-state index in [4.69, 9.17) is 16.3 Å². The molecule has 1 atom stereocenters. The molecule has 0 saturated carbocycles. The minimum absolute atomic E-state index is 0.281. The molecule has 7 heteroatoms. The van der Waals surface area contributed by atoms with Gasteiger partial charge in [-0.05, 0) is 49.2 Å². The predicted molar refractivity (Wildman–Crippen MR) is 95.9 cm³/mol. The zero-order valence-electron chi connectivity index (χ0n) is 14.3. The van der Waals surface area contributed by atoms with E-state index in [1.165, 1.54) is 6.07 Å². The van der Waals surface area contributed by atoms with Gasteiger partial charge in [0.2, 0.25) is 0 Å². The fraction of sp³-hybridized carbons (Fsp3) is 0.316. The summed E-state index contributed by atoms with van der Waals surface area (Å²) in [7, 11) is 1.54. The summed E-state index contributed by atoms with van der Waals surface area (Å²) in [6.07, 6.45) is -4.03. The Labute approximate surface area is 154 Å². The van der Waals surface area contributed by atoms with Crippen molar-refractivity contribution in [3.05, 3.63) is 59.4 Å². The number of halogens is 4. The Bertz CT molecular complexity index is 904. The zero-order valence-corrected chi connectivity index (χ0v) is 15.1. The van der Waals surface area contributed by atoms with Crippen LogP contribution in [0.15, 0.2) is 42.5 Å². The Morgan fingerprint density at radius 1 is 1.15 bits per heavy atom. The molecule has 0 N–H and O–H groups in total. The van der Waals surface area contributed by atoms with Gasteiger partial charge in [-0.15, -0.1) is 11.6 Å². The van der Waals surface area contributed by atoms with Crippen LogP contribution in [0.25, 0.3) is 16.7 Å². The van der Waals surface area contributed by atoms with Crippen molar-refractivity contribution in [1.82, 2.24) is 9.55 Å². The molecule has 1 unspecified atom stereocenters. The first-order valence-electron chi connectivity index (χ1n) is 8.13. The average Bonchev–Trinajstić information content (AvgIpc) is 3.00. The van der Waals surface area contributed by atoms with Gasteiger partial charge >= 0.3 is 6.18 Å². The molecule has 0 aliphatic heterocycles. The molecule has 0 bridgehead atoms. The van der Waals surface area contributed by atoms with Crippen molar-refractivity contribution >= 4 is 22.6 Å². The first-order chi connectivity index (χ1) is 12.3. The summed E-state index contributed by atoms with van der Waals surface area (Å²) < 4.78 is 46.2. The number of imidazole rings is 1. The molecule has 0 spiro atoms. The van der Waals surface area contributed by atoms with Crippen molar-refractivity contribution in [3.8, 4) is 5.69 Å². The molecule has 0 aliphatic rings. The number of hydrogen-bond donors (Lipinski definition) is 0. The van der Waals surface area contributed by atoms with Crippen LogP contribution in [0.3, 0.4) is 0 Å². The van der Waals surface area contributed by atoms with Crippen molar-refractivity contribution < 1.29 is 17.9 Å². The van der Waals surface area contributed by atoms with Gasteiger partial charge in [-0.3, -0.25) is 4.57 Å². The summed E-state index contributed by atoms with van der Waals surface area (Å²) >= 11 is 5.77. The fourth-order valence-electron chi connectivity index (χ4n) is 2.85. The number of nitrogens with zero attached hydrogens (tertiary/aromatic N) is 2. The van der Waals surface area contributed by atoms with Gasteiger partial charge in [0, 0.05) is 18.7 Å². The van der Waals surface area contributed by atoms with E-state index in [1.807, 2.05) is 35.8 Å². The molecule has 2 aromatic carbocycles. The lowest BCUT2D eigenvalue weighted by Gasteiger charge is -2.14. The third-order valence-electron chi connectivity index (χ3n) is 4.30. The Morgan fingerprint density at radius 3 is 2.42 bits per heavy atom. The normalized spacial score (nSPS) is 13.3. The molecular weight excluding hydrogens is 365 g/mol. The van der Waals surface area contributed by atoms with E-state index < -0.39 is 11.7 Å². The average molecular weight is 383 g/mol. The van der Waals surface area contributed by atoms with E-state index in [9.17, 15) is 13.2 Å². The van der Waals surface area contributed by atoms with Gasteiger partial charge in [-0.1, -0.05) is 12.1 Å². The minimum Gasteiger partial charge on any atom is -0.374 e. The molecule has 26 heavy (non-hydrogen) atoms. The molecule has 1 aromatic heterocycles. The maximum Gasteiger partial charge on any atom is 0.416 e. The highest BCUT2D eigenvalue weighted by Crippen LogP contribution is 2.33. The summed E-state index contributed by atoms with van der Waals surface area (Å²) in [6.45, 7) is 1.81. The molecule has 1 heterocycles. The maximum atomic E-state index is 13.0. The molecule has 0 fully saturated rings.